The molecule has 0 aliphatic rings. The van der Waals surface area contributed by atoms with E-state index < -0.39 is 0 Å². The van der Waals surface area contributed by atoms with Gasteiger partial charge in [-0.05, 0) is 43.4 Å². The molecular weight excluding hydrogens is 226 g/mol. The van der Waals surface area contributed by atoms with E-state index in [2.05, 4.69) is 13.8 Å². The lowest BCUT2D eigenvalue weighted by Crippen LogP contribution is -2.14. The molecule has 3 heteroatoms. The molecule has 0 fully saturated rings. The summed E-state index contributed by atoms with van der Waals surface area (Å²) in [5.41, 5.74) is 8.38. The van der Waals surface area contributed by atoms with E-state index in [0.717, 1.165) is 35.5 Å². The molecule has 0 spiro atoms. The zero-order chi connectivity index (χ0) is 13.7. The molecule has 0 aromatic heterocycles. The molecule has 102 valence electrons. The maximum absolute atomic E-state index is 6.29. The second-order valence-corrected chi connectivity index (χ2v) is 5.16. The number of hydrogen-bond donors (Lipinski definition) is 1. The predicted octanol–water partition coefficient (Wildman–Crippen LogP) is 3.45. The van der Waals surface area contributed by atoms with Gasteiger partial charge in [0.05, 0.1) is 19.8 Å². The van der Waals surface area contributed by atoms with Gasteiger partial charge in [0.25, 0.3) is 0 Å². The first-order valence-corrected chi connectivity index (χ1v) is 6.47. The van der Waals surface area contributed by atoms with Gasteiger partial charge in [-0.15, -0.1) is 0 Å². The third-order valence-electron chi connectivity index (χ3n) is 3.11. The largest absolute Gasteiger partial charge is 0.496 e. The smallest absolute Gasteiger partial charge is 0.127 e. The van der Waals surface area contributed by atoms with Crippen LogP contribution in [-0.4, -0.2) is 14.2 Å². The SMILES string of the molecule is COc1cc(C)cc(OC)c1[C@@H](N)CCC(C)C. The van der Waals surface area contributed by atoms with Crippen LogP contribution in [0.4, 0.5) is 0 Å². The number of rotatable bonds is 6. The minimum Gasteiger partial charge on any atom is -0.496 e. The maximum Gasteiger partial charge on any atom is 0.127 e. The van der Waals surface area contributed by atoms with E-state index in [4.69, 9.17) is 15.2 Å². The Morgan fingerprint density at radius 1 is 1.06 bits per heavy atom. The quantitative estimate of drug-likeness (QED) is 0.842. The topological polar surface area (TPSA) is 44.5 Å². The fourth-order valence-electron chi connectivity index (χ4n) is 2.09. The predicted molar refractivity (Wildman–Crippen MR) is 75.3 cm³/mol. The van der Waals surface area contributed by atoms with Crippen LogP contribution in [0.2, 0.25) is 0 Å². The summed E-state index contributed by atoms with van der Waals surface area (Å²) in [4.78, 5) is 0. The number of ether oxygens (including phenoxy) is 2. The lowest BCUT2D eigenvalue weighted by molar-refractivity contribution is 0.373. The molecule has 1 aromatic rings. The molecule has 0 saturated carbocycles. The van der Waals surface area contributed by atoms with E-state index in [-0.39, 0.29) is 6.04 Å². The molecule has 18 heavy (non-hydrogen) atoms. The van der Waals surface area contributed by atoms with Gasteiger partial charge in [-0.25, -0.2) is 0 Å². The van der Waals surface area contributed by atoms with Gasteiger partial charge in [0.15, 0.2) is 0 Å². The van der Waals surface area contributed by atoms with Crippen molar-refractivity contribution in [3.8, 4) is 11.5 Å². The highest BCUT2D eigenvalue weighted by Gasteiger charge is 2.18. The molecule has 0 bridgehead atoms. The molecule has 1 atom stereocenters. The van der Waals surface area contributed by atoms with Crippen molar-refractivity contribution in [2.75, 3.05) is 14.2 Å². The summed E-state index contributed by atoms with van der Waals surface area (Å²) in [6, 6.07) is 3.97. The van der Waals surface area contributed by atoms with Crippen molar-refractivity contribution in [3.05, 3.63) is 23.3 Å². The average Bonchev–Trinajstić information content (AvgIpc) is 2.34. The Bertz CT molecular complexity index is 363. The van der Waals surface area contributed by atoms with Crippen LogP contribution in [0.5, 0.6) is 11.5 Å². The van der Waals surface area contributed by atoms with Crippen LogP contribution in [-0.2, 0) is 0 Å². The van der Waals surface area contributed by atoms with Crippen molar-refractivity contribution in [2.24, 2.45) is 11.7 Å². The lowest BCUT2D eigenvalue weighted by atomic mass is 9.96. The summed E-state index contributed by atoms with van der Waals surface area (Å²) in [6.07, 6.45) is 2.04. The van der Waals surface area contributed by atoms with E-state index in [1.54, 1.807) is 14.2 Å². The fraction of sp³-hybridized carbons (Fsp3) is 0.600. The number of benzene rings is 1. The van der Waals surface area contributed by atoms with Crippen molar-refractivity contribution < 1.29 is 9.47 Å². The van der Waals surface area contributed by atoms with Crippen molar-refractivity contribution in [1.82, 2.24) is 0 Å². The molecule has 1 aromatic carbocycles. The van der Waals surface area contributed by atoms with Crippen LogP contribution in [0.15, 0.2) is 12.1 Å². The summed E-state index contributed by atoms with van der Waals surface area (Å²) in [5.74, 6) is 2.30. The average molecular weight is 251 g/mol. The highest BCUT2D eigenvalue weighted by Crippen LogP contribution is 2.36. The molecule has 1 rings (SSSR count). The van der Waals surface area contributed by atoms with Gasteiger partial charge in [-0.1, -0.05) is 13.8 Å². The van der Waals surface area contributed by atoms with E-state index in [1.165, 1.54) is 0 Å². The monoisotopic (exact) mass is 251 g/mol. The van der Waals surface area contributed by atoms with Crippen LogP contribution >= 0.6 is 0 Å². The van der Waals surface area contributed by atoms with Crippen LogP contribution < -0.4 is 15.2 Å². The highest BCUT2D eigenvalue weighted by molar-refractivity contribution is 5.49. The van der Waals surface area contributed by atoms with Crippen LogP contribution in [0.25, 0.3) is 0 Å². The first kappa shape index (κ1) is 14.8. The normalized spacial score (nSPS) is 12.6. The lowest BCUT2D eigenvalue weighted by Gasteiger charge is -2.20. The molecular formula is C15H25NO2. The number of nitrogens with two attached hydrogens (primary N) is 1. The van der Waals surface area contributed by atoms with Crippen molar-refractivity contribution >= 4 is 0 Å². The minimum absolute atomic E-state index is 0.0436. The Morgan fingerprint density at radius 2 is 1.56 bits per heavy atom. The summed E-state index contributed by atoms with van der Waals surface area (Å²) in [6.45, 7) is 6.43. The Labute approximate surface area is 110 Å². The first-order valence-electron chi connectivity index (χ1n) is 6.47. The Balaban J connectivity index is 3.04. The molecule has 0 aliphatic heterocycles. The molecule has 0 radical (unpaired) electrons. The van der Waals surface area contributed by atoms with E-state index >= 15 is 0 Å². The standard InChI is InChI=1S/C15H25NO2/c1-10(2)6-7-12(16)15-13(17-4)8-11(3)9-14(15)18-5/h8-10,12H,6-7,16H2,1-5H3/t12-/m0/s1. The second kappa shape index (κ2) is 6.64. The summed E-state index contributed by atoms with van der Waals surface area (Å²) in [5, 5.41) is 0. The van der Waals surface area contributed by atoms with Crippen LogP contribution in [0, 0.1) is 12.8 Å². The summed E-state index contributed by atoms with van der Waals surface area (Å²) >= 11 is 0. The van der Waals surface area contributed by atoms with Crippen LogP contribution in [0.1, 0.15) is 43.9 Å². The molecule has 2 N–H and O–H groups in total. The molecule has 0 saturated heterocycles. The second-order valence-electron chi connectivity index (χ2n) is 5.16. The first-order chi connectivity index (χ1) is 8.49. The minimum atomic E-state index is -0.0436. The molecule has 0 aliphatic carbocycles. The van der Waals surface area contributed by atoms with Gasteiger partial charge in [0, 0.05) is 6.04 Å². The Morgan fingerprint density at radius 3 is 1.94 bits per heavy atom. The molecule has 0 heterocycles. The number of methoxy groups -OCH3 is 2. The third kappa shape index (κ3) is 3.64. The third-order valence-corrected chi connectivity index (χ3v) is 3.11. The van der Waals surface area contributed by atoms with Gasteiger partial charge in [-0.2, -0.15) is 0 Å². The number of aryl methyl sites for hydroxylation is 1. The molecule has 0 unspecified atom stereocenters. The molecule has 0 amide bonds. The summed E-state index contributed by atoms with van der Waals surface area (Å²) in [7, 11) is 3.35. The van der Waals surface area contributed by atoms with Gasteiger partial charge < -0.3 is 15.2 Å². The number of hydrogen-bond acceptors (Lipinski definition) is 3. The van der Waals surface area contributed by atoms with Gasteiger partial charge in [0.1, 0.15) is 11.5 Å². The van der Waals surface area contributed by atoms with Crippen molar-refractivity contribution in [1.29, 1.82) is 0 Å². The van der Waals surface area contributed by atoms with Crippen LogP contribution in [0.3, 0.4) is 0 Å². The van der Waals surface area contributed by atoms with Crippen molar-refractivity contribution in [2.45, 2.75) is 39.7 Å². The van der Waals surface area contributed by atoms with Crippen molar-refractivity contribution in [3.63, 3.8) is 0 Å². The highest BCUT2D eigenvalue weighted by atomic mass is 16.5. The zero-order valence-corrected chi connectivity index (χ0v) is 12.1. The Kier molecular flexibility index (Phi) is 5.48. The van der Waals surface area contributed by atoms with E-state index in [9.17, 15) is 0 Å². The fourth-order valence-corrected chi connectivity index (χ4v) is 2.09. The van der Waals surface area contributed by atoms with E-state index in [1.807, 2.05) is 19.1 Å². The van der Waals surface area contributed by atoms with Gasteiger partial charge >= 0.3 is 0 Å². The Hall–Kier alpha value is -1.22. The van der Waals surface area contributed by atoms with Gasteiger partial charge in [-0.3, -0.25) is 0 Å². The van der Waals surface area contributed by atoms with E-state index in [0.29, 0.717) is 5.92 Å². The zero-order valence-electron chi connectivity index (χ0n) is 12.1. The van der Waals surface area contributed by atoms with Gasteiger partial charge in [0.2, 0.25) is 0 Å². The molecule has 3 nitrogen and oxygen atoms in total. The summed E-state index contributed by atoms with van der Waals surface area (Å²) < 4.78 is 10.9. The maximum atomic E-state index is 6.29.